The molecule has 3 nitrogen and oxygen atoms in total. The van der Waals surface area contributed by atoms with Gasteiger partial charge in [0.15, 0.2) is 0 Å². The molecule has 1 aliphatic carbocycles. The minimum Gasteiger partial charge on any atom is -0.508 e. The van der Waals surface area contributed by atoms with Crippen LogP contribution in [0.25, 0.3) is 0 Å². The zero-order chi connectivity index (χ0) is 8.77. The van der Waals surface area contributed by atoms with E-state index in [9.17, 15) is 5.11 Å². The van der Waals surface area contributed by atoms with Crippen LogP contribution >= 0.6 is 0 Å². The number of aromatic hydroxyl groups is 2. The molecular formula is C9H11NO2. The maximum absolute atomic E-state index is 9.42. The van der Waals surface area contributed by atoms with Crippen LogP contribution in [-0.4, -0.2) is 10.2 Å². The van der Waals surface area contributed by atoms with Crippen molar-refractivity contribution in [3.05, 3.63) is 23.8 Å². The van der Waals surface area contributed by atoms with Crippen LogP contribution in [0.1, 0.15) is 18.4 Å². The smallest absolute Gasteiger partial charge is 0.120 e. The van der Waals surface area contributed by atoms with E-state index in [0.29, 0.717) is 5.56 Å². The first-order valence-electron chi connectivity index (χ1n) is 3.93. The highest BCUT2D eigenvalue weighted by atomic mass is 16.3. The Labute approximate surface area is 70.4 Å². The van der Waals surface area contributed by atoms with Crippen molar-refractivity contribution < 1.29 is 10.2 Å². The lowest BCUT2D eigenvalue weighted by Crippen LogP contribution is -2.18. The van der Waals surface area contributed by atoms with Crippen molar-refractivity contribution in [3.8, 4) is 11.5 Å². The maximum atomic E-state index is 9.42. The predicted molar refractivity (Wildman–Crippen MR) is 44.9 cm³/mol. The summed E-state index contributed by atoms with van der Waals surface area (Å²) < 4.78 is 0. The molecule has 0 aliphatic heterocycles. The Morgan fingerprint density at radius 3 is 2.50 bits per heavy atom. The van der Waals surface area contributed by atoms with E-state index in [-0.39, 0.29) is 17.0 Å². The molecule has 0 radical (unpaired) electrons. The lowest BCUT2D eigenvalue weighted by atomic mass is 10.0. The largest absolute Gasteiger partial charge is 0.508 e. The van der Waals surface area contributed by atoms with E-state index >= 15 is 0 Å². The van der Waals surface area contributed by atoms with Crippen LogP contribution in [0.2, 0.25) is 0 Å². The minimum atomic E-state index is -0.386. The zero-order valence-electron chi connectivity index (χ0n) is 6.62. The summed E-state index contributed by atoms with van der Waals surface area (Å²) in [6.07, 6.45) is 1.76. The van der Waals surface area contributed by atoms with Crippen LogP contribution in [-0.2, 0) is 5.54 Å². The maximum Gasteiger partial charge on any atom is 0.120 e. The van der Waals surface area contributed by atoms with Gasteiger partial charge in [-0.3, -0.25) is 0 Å². The third-order valence-corrected chi connectivity index (χ3v) is 2.31. The van der Waals surface area contributed by atoms with Gasteiger partial charge in [0.05, 0.1) is 0 Å². The number of benzene rings is 1. The molecule has 64 valence electrons. The molecular weight excluding hydrogens is 154 g/mol. The van der Waals surface area contributed by atoms with E-state index < -0.39 is 0 Å². The Hall–Kier alpha value is -1.22. The Morgan fingerprint density at radius 2 is 1.92 bits per heavy atom. The van der Waals surface area contributed by atoms with Gasteiger partial charge in [0.1, 0.15) is 11.5 Å². The Morgan fingerprint density at radius 1 is 1.25 bits per heavy atom. The van der Waals surface area contributed by atoms with E-state index in [2.05, 4.69) is 0 Å². The highest BCUT2D eigenvalue weighted by Crippen LogP contribution is 2.46. The Kier molecular flexibility index (Phi) is 1.32. The van der Waals surface area contributed by atoms with Crippen molar-refractivity contribution in [2.45, 2.75) is 18.4 Å². The summed E-state index contributed by atoms with van der Waals surface area (Å²) in [4.78, 5) is 0. The summed E-state index contributed by atoms with van der Waals surface area (Å²) in [5.41, 5.74) is 6.14. The van der Waals surface area contributed by atoms with Crippen LogP contribution in [0.5, 0.6) is 11.5 Å². The van der Waals surface area contributed by atoms with Crippen molar-refractivity contribution in [2.75, 3.05) is 0 Å². The Bertz CT molecular complexity index is 318. The third-order valence-electron chi connectivity index (χ3n) is 2.31. The molecule has 1 saturated carbocycles. The topological polar surface area (TPSA) is 66.5 Å². The van der Waals surface area contributed by atoms with Gasteiger partial charge in [-0.2, -0.15) is 0 Å². The van der Waals surface area contributed by atoms with E-state index in [1.807, 2.05) is 0 Å². The van der Waals surface area contributed by atoms with Crippen LogP contribution < -0.4 is 5.73 Å². The summed E-state index contributed by atoms with van der Waals surface area (Å²) in [6.45, 7) is 0. The van der Waals surface area contributed by atoms with Gasteiger partial charge in [-0.15, -0.1) is 0 Å². The molecule has 0 atom stereocenters. The lowest BCUT2D eigenvalue weighted by Gasteiger charge is -2.10. The molecule has 3 heteroatoms. The number of nitrogens with two attached hydrogens (primary N) is 1. The van der Waals surface area contributed by atoms with Gasteiger partial charge in [0.2, 0.25) is 0 Å². The number of phenolic OH excluding ortho intramolecular Hbond substituents is 2. The van der Waals surface area contributed by atoms with E-state index in [1.165, 1.54) is 18.2 Å². The number of phenols is 2. The lowest BCUT2D eigenvalue weighted by molar-refractivity contribution is 0.446. The second-order valence-corrected chi connectivity index (χ2v) is 3.36. The first-order chi connectivity index (χ1) is 5.62. The molecule has 0 saturated heterocycles. The van der Waals surface area contributed by atoms with Gasteiger partial charge in [-0.05, 0) is 31.0 Å². The van der Waals surface area contributed by atoms with Gasteiger partial charge in [0.25, 0.3) is 0 Å². The standard InChI is InChI=1S/C9H11NO2/c10-9(3-4-9)7-5-6(11)1-2-8(7)12/h1-2,5,11-12H,3-4,10H2. The average molecular weight is 165 g/mol. The molecule has 0 spiro atoms. The summed E-state index contributed by atoms with van der Waals surface area (Å²) >= 11 is 0. The summed E-state index contributed by atoms with van der Waals surface area (Å²) in [5.74, 6) is 0.326. The van der Waals surface area contributed by atoms with Crippen LogP contribution in [0.3, 0.4) is 0 Å². The second-order valence-electron chi connectivity index (χ2n) is 3.36. The SMILES string of the molecule is NC1(c2cc(O)ccc2O)CC1. The fourth-order valence-electron chi connectivity index (χ4n) is 1.33. The molecule has 0 heterocycles. The molecule has 0 bridgehead atoms. The molecule has 0 unspecified atom stereocenters. The highest BCUT2D eigenvalue weighted by molar-refractivity contribution is 5.45. The number of rotatable bonds is 1. The molecule has 2 rings (SSSR count). The molecule has 0 amide bonds. The number of hydrogen-bond donors (Lipinski definition) is 3. The monoisotopic (exact) mass is 165 g/mol. The first-order valence-corrected chi connectivity index (χ1v) is 3.93. The van der Waals surface area contributed by atoms with E-state index in [4.69, 9.17) is 10.8 Å². The molecule has 1 fully saturated rings. The minimum absolute atomic E-state index is 0.152. The molecule has 4 N–H and O–H groups in total. The van der Waals surface area contributed by atoms with Gasteiger partial charge < -0.3 is 15.9 Å². The zero-order valence-corrected chi connectivity index (χ0v) is 6.62. The van der Waals surface area contributed by atoms with Crippen molar-refractivity contribution in [3.63, 3.8) is 0 Å². The summed E-state index contributed by atoms with van der Waals surface area (Å²) in [7, 11) is 0. The van der Waals surface area contributed by atoms with Crippen molar-refractivity contribution in [1.82, 2.24) is 0 Å². The Balaban J connectivity index is 2.48. The van der Waals surface area contributed by atoms with Crippen molar-refractivity contribution in [2.24, 2.45) is 5.73 Å². The highest BCUT2D eigenvalue weighted by Gasteiger charge is 2.42. The van der Waals surface area contributed by atoms with Gasteiger partial charge in [-0.1, -0.05) is 0 Å². The molecule has 12 heavy (non-hydrogen) atoms. The van der Waals surface area contributed by atoms with E-state index in [0.717, 1.165) is 12.8 Å². The third kappa shape index (κ3) is 1.02. The van der Waals surface area contributed by atoms with Gasteiger partial charge in [0, 0.05) is 11.1 Å². The molecule has 1 aromatic carbocycles. The second kappa shape index (κ2) is 2.14. The van der Waals surface area contributed by atoms with E-state index in [1.54, 1.807) is 0 Å². The van der Waals surface area contributed by atoms with Crippen LogP contribution in [0.15, 0.2) is 18.2 Å². The summed E-state index contributed by atoms with van der Waals surface area (Å²) in [5, 5.41) is 18.6. The summed E-state index contributed by atoms with van der Waals surface area (Å²) in [6, 6.07) is 4.45. The van der Waals surface area contributed by atoms with Crippen molar-refractivity contribution in [1.29, 1.82) is 0 Å². The first kappa shape index (κ1) is 7.43. The fourth-order valence-corrected chi connectivity index (χ4v) is 1.33. The van der Waals surface area contributed by atoms with Gasteiger partial charge >= 0.3 is 0 Å². The average Bonchev–Trinajstić information content (AvgIpc) is 2.75. The quantitative estimate of drug-likeness (QED) is 0.545. The predicted octanol–water partition coefficient (Wildman–Crippen LogP) is 1.05. The molecule has 0 aromatic heterocycles. The molecule has 1 aromatic rings. The fraction of sp³-hybridized carbons (Fsp3) is 0.333. The van der Waals surface area contributed by atoms with Crippen LogP contribution in [0, 0.1) is 0 Å². The van der Waals surface area contributed by atoms with Crippen molar-refractivity contribution >= 4 is 0 Å². The number of hydrogen-bond acceptors (Lipinski definition) is 3. The van der Waals surface area contributed by atoms with Gasteiger partial charge in [-0.25, -0.2) is 0 Å². The normalized spacial score (nSPS) is 19.1. The molecule has 1 aliphatic rings. The van der Waals surface area contributed by atoms with Crippen LogP contribution in [0.4, 0.5) is 0 Å².